The molecule has 35 heavy (non-hydrogen) atoms. The fourth-order valence-corrected chi connectivity index (χ4v) is 3.61. The lowest BCUT2D eigenvalue weighted by molar-refractivity contribution is -0.384. The van der Waals surface area contributed by atoms with Gasteiger partial charge in [0.1, 0.15) is 12.3 Å². The normalized spacial score (nSPS) is 11.5. The molecule has 1 N–H and O–H groups in total. The van der Waals surface area contributed by atoms with Gasteiger partial charge in [-0.1, -0.05) is 29.8 Å². The quantitative estimate of drug-likeness (QED) is 0.174. The molecule has 184 valence electrons. The number of halogens is 4. The topological polar surface area (TPSA) is 86.0 Å². The van der Waals surface area contributed by atoms with E-state index in [4.69, 9.17) is 9.47 Å². The molecule has 7 nitrogen and oxygen atoms in total. The summed E-state index contributed by atoms with van der Waals surface area (Å²) in [6.07, 6.45) is -3.34. The zero-order valence-electron chi connectivity index (χ0n) is 18.7. The standard InChI is InChI=1S/C24H21BrF3N3O4/c1-3-34-22-11-17(10-19(25)23(22)35-14-16-6-4-15(2)5-7-16)13-29-30-20-9-8-18(24(26,27)28)12-21(20)31(32)33/h4-13,30H,3,14H2,1-2H3/b29-13-. The Labute approximate surface area is 207 Å². The van der Waals surface area contributed by atoms with Crippen LogP contribution in [-0.4, -0.2) is 17.7 Å². The highest BCUT2D eigenvalue weighted by atomic mass is 79.9. The minimum absolute atomic E-state index is 0.179. The van der Waals surface area contributed by atoms with Gasteiger partial charge in [0, 0.05) is 6.07 Å². The molecule has 0 aliphatic carbocycles. The molecule has 0 spiro atoms. The Kier molecular flexibility index (Phi) is 8.34. The van der Waals surface area contributed by atoms with Crippen LogP contribution in [0.15, 0.2) is 64.2 Å². The van der Waals surface area contributed by atoms with Crippen molar-refractivity contribution in [2.24, 2.45) is 5.10 Å². The molecule has 0 unspecified atom stereocenters. The number of benzene rings is 3. The first-order valence-electron chi connectivity index (χ1n) is 10.4. The first-order valence-corrected chi connectivity index (χ1v) is 11.2. The predicted molar refractivity (Wildman–Crippen MR) is 130 cm³/mol. The summed E-state index contributed by atoms with van der Waals surface area (Å²) in [5.74, 6) is 0.951. The summed E-state index contributed by atoms with van der Waals surface area (Å²) in [6.45, 7) is 4.53. The highest BCUT2D eigenvalue weighted by molar-refractivity contribution is 9.10. The molecule has 11 heteroatoms. The van der Waals surface area contributed by atoms with Crippen LogP contribution in [-0.2, 0) is 12.8 Å². The van der Waals surface area contributed by atoms with Crippen LogP contribution in [0.5, 0.6) is 11.5 Å². The number of nitro groups is 1. The van der Waals surface area contributed by atoms with Gasteiger partial charge in [-0.3, -0.25) is 15.5 Å². The highest BCUT2D eigenvalue weighted by Gasteiger charge is 2.33. The van der Waals surface area contributed by atoms with E-state index in [1.54, 1.807) is 12.1 Å². The Morgan fingerprint density at radius 2 is 1.83 bits per heavy atom. The molecule has 0 atom stereocenters. The average molecular weight is 552 g/mol. The number of nitro benzene ring substituents is 1. The van der Waals surface area contributed by atoms with Crippen molar-refractivity contribution in [2.45, 2.75) is 26.6 Å². The number of alkyl halides is 3. The maximum absolute atomic E-state index is 12.9. The van der Waals surface area contributed by atoms with E-state index in [2.05, 4.69) is 26.5 Å². The van der Waals surface area contributed by atoms with Gasteiger partial charge in [-0.25, -0.2) is 0 Å². The van der Waals surface area contributed by atoms with E-state index in [1.165, 1.54) is 6.21 Å². The van der Waals surface area contributed by atoms with Crippen molar-refractivity contribution in [1.29, 1.82) is 0 Å². The van der Waals surface area contributed by atoms with Gasteiger partial charge in [-0.05, 0) is 65.2 Å². The van der Waals surface area contributed by atoms with Crippen molar-refractivity contribution in [1.82, 2.24) is 0 Å². The van der Waals surface area contributed by atoms with Crippen molar-refractivity contribution in [3.63, 3.8) is 0 Å². The van der Waals surface area contributed by atoms with Gasteiger partial charge >= 0.3 is 6.18 Å². The highest BCUT2D eigenvalue weighted by Crippen LogP contribution is 2.38. The third kappa shape index (κ3) is 6.95. The number of anilines is 1. The van der Waals surface area contributed by atoms with Crippen molar-refractivity contribution < 1.29 is 27.6 Å². The Hall–Kier alpha value is -3.60. The van der Waals surface area contributed by atoms with E-state index in [9.17, 15) is 23.3 Å². The molecular weight excluding hydrogens is 531 g/mol. The van der Waals surface area contributed by atoms with E-state index in [0.717, 1.165) is 23.3 Å². The van der Waals surface area contributed by atoms with Gasteiger partial charge in [0.25, 0.3) is 5.69 Å². The van der Waals surface area contributed by atoms with E-state index in [1.807, 2.05) is 38.1 Å². The fraction of sp³-hybridized carbons (Fsp3) is 0.208. The second-order valence-electron chi connectivity index (χ2n) is 7.39. The molecular formula is C24H21BrF3N3O4. The van der Waals surface area contributed by atoms with Crippen LogP contribution in [0.3, 0.4) is 0 Å². The predicted octanol–water partition coefficient (Wildman–Crippen LogP) is 7.11. The van der Waals surface area contributed by atoms with Crippen LogP contribution in [0, 0.1) is 17.0 Å². The van der Waals surface area contributed by atoms with E-state index >= 15 is 0 Å². The van der Waals surface area contributed by atoms with E-state index in [0.29, 0.717) is 40.8 Å². The summed E-state index contributed by atoms with van der Waals surface area (Å²) < 4.78 is 50.9. The molecule has 0 heterocycles. The Balaban J connectivity index is 1.79. The molecule has 0 saturated carbocycles. The van der Waals surface area contributed by atoms with Crippen LogP contribution in [0.1, 0.15) is 29.2 Å². The summed E-state index contributed by atoms with van der Waals surface area (Å²) in [7, 11) is 0. The maximum atomic E-state index is 12.9. The van der Waals surface area contributed by atoms with Crippen LogP contribution < -0.4 is 14.9 Å². The first-order chi connectivity index (χ1) is 16.6. The van der Waals surface area contributed by atoms with Crippen molar-refractivity contribution >= 4 is 33.5 Å². The smallest absolute Gasteiger partial charge is 0.416 e. The summed E-state index contributed by atoms with van der Waals surface area (Å²) in [4.78, 5) is 10.3. The van der Waals surface area contributed by atoms with Gasteiger partial charge in [0.15, 0.2) is 11.5 Å². The van der Waals surface area contributed by atoms with Gasteiger partial charge in [-0.15, -0.1) is 0 Å². The molecule has 0 aliphatic rings. The van der Waals surface area contributed by atoms with E-state index < -0.39 is 22.4 Å². The summed E-state index contributed by atoms with van der Waals surface area (Å²) >= 11 is 3.46. The molecule has 0 saturated heterocycles. The monoisotopic (exact) mass is 551 g/mol. The lowest BCUT2D eigenvalue weighted by atomic mass is 10.1. The number of hydrazone groups is 1. The van der Waals surface area contributed by atoms with Crippen LogP contribution in [0.4, 0.5) is 24.5 Å². The zero-order valence-corrected chi connectivity index (χ0v) is 20.3. The van der Waals surface area contributed by atoms with Crippen molar-refractivity contribution in [2.75, 3.05) is 12.0 Å². The number of aryl methyl sites for hydroxylation is 1. The molecule has 0 aromatic heterocycles. The second-order valence-corrected chi connectivity index (χ2v) is 8.25. The number of rotatable bonds is 9. The lowest BCUT2D eigenvalue weighted by Gasteiger charge is -2.15. The molecule has 0 bridgehead atoms. The molecule has 0 amide bonds. The number of nitrogens with zero attached hydrogens (tertiary/aromatic N) is 2. The summed E-state index contributed by atoms with van der Waals surface area (Å²) in [5.41, 5.74) is 3.08. The molecule has 3 rings (SSSR count). The van der Waals surface area contributed by atoms with Gasteiger partial charge in [-0.2, -0.15) is 18.3 Å². The SMILES string of the molecule is CCOc1cc(/C=N\Nc2ccc(C(F)(F)F)cc2[N+](=O)[O-])cc(Br)c1OCc1ccc(C)cc1. The largest absolute Gasteiger partial charge is 0.490 e. The van der Waals surface area contributed by atoms with Gasteiger partial charge in [0.05, 0.1) is 27.8 Å². The number of nitrogens with one attached hydrogen (secondary N) is 1. The Bertz CT molecular complexity index is 1230. The zero-order chi connectivity index (χ0) is 25.6. The fourth-order valence-electron chi connectivity index (χ4n) is 3.04. The number of ether oxygens (including phenoxy) is 2. The molecule has 0 fully saturated rings. The van der Waals surface area contributed by atoms with Crippen molar-refractivity contribution in [3.05, 3.63) is 91.4 Å². The van der Waals surface area contributed by atoms with E-state index in [-0.39, 0.29) is 5.69 Å². The third-order valence-corrected chi connectivity index (χ3v) is 5.34. The summed E-state index contributed by atoms with van der Waals surface area (Å²) in [5, 5.41) is 15.2. The minimum atomic E-state index is -4.70. The third-order valence-electron chi connectivity index (χ3n) is 4.76. The minimum Gasteiger partial charge on any atom is -0.490 e. The average Bonchev–Trinajstić information content (AvgIpc) is 2.79. The van der Waals surface area contributed by atoms with Crippen LogP contribution >= 0.6 is 15.9 Å². The van der Waals surface area contributed by atoms with Crippen LogP contribution in [0.25, 0.3) is 0 Å². The molecule has 3 aromatic carbocycles. The first kappa shape index (κ1) is 26.0. The van der Waals surface area contributed by atoms with Gasteiger partial charge < -0.3 is 9.47 Å². The second kappa shape index (κ2) is 11.2. The maximum Gasteiger partial charge on any atom is 0.416 e. The van der Waals surface area contributed by atoms with Crippen LogP contribution in [0.2, 0.25) is 0 Å². The molecule has 3 aromatic rings. The summed E-state index contributed by atoms with van der Waals surface area (Å²) in [6, 6.07) is 13.5. The lowest BCUT2D eigenvalue weighted by Crippen LogP contribution is -2.06. The van der Waals surface area contributed by atoms with Gasteiger partial charge in [0.2, 0.25) is 0 Å². The molecule has 0 aliphatic heterocycles. The Morgan fingerprint density at radius 3 is 2.46 bits per heavy atom. The number of hydrogen-bond acceptors (Lipinski definition) is 6. The number of hydrogen-bond donors (Lipinski definition) is 1. The Morgan fingerprint density at radius 1 is 1.11 bits per heavy atom. The van der Waals surface area contributed by atoms with Crippen molar-refractivity contribution in [3.8, 4) is 11.5 Å². The molecule has 0 radical (unpaired) electrons.